The number of rotatable bonds is 4. The first-order valence-electron chi connectivity index (χ1n) is 5.75. The summed E-state index contributed by atoms with van der Waals surface area (Å²) in [5, 5.41) is 10.8. The minimum absolute atomic E-state index is 0.107. The van der Waals surface area contributed by atoms with Crippen molar-refractivity contribution in [3.63, 3.8) is 0 Å². The second-order valence-corrected chi connectivity index (χ2v) is 4.00. The number of nitrogens with two attached hydrogens (primary N) is 1. The van der Waals surface area contributed by atoms with Crippen LogP contribution in [0, 0.1) is 10.1 Å². The van der Waals surface area contributed by atoms with Crippen LogP contribution in [0.25, 0.3) is 11.1 Å². The average Bonchev–Trinajstić information content (AvgIpc) is 2.40. The number of hydrogen-bond donors (Lipinski definition) is 1. The van der Waals surface area contributed by atoms with Crippen LogP contribution in [0.3, 0.4) is 0 Å². The molecule has 18 heavy (non-hydrogen) atoms. The van der Waals surface area contributed by atoms with E-state index in [1.165, 1.54) is 6.07 Å². The van der Waals surface area contributed by atoms with Gasteiger partial charge in [-0.2, -0.15) is 0 Å². The summed E-state index contributed by atoms with van der Waals surface area (Å²) in [5.74, 6) is 0. The number of benzene rings is 2. The number of non-ortho nitro benzene ring substituents is 1. The molecule has 0 radical (unpaired) electrons. The molecule has 0 saturated heterocycles. The lowest BCUT2D eigenvalue weighted by Gasteiger charge is -2.08. The van der Waals surface area contributed by atoms with Gasteiger partial charge in [-0.3, -0.25) is 10.1 Å². The van der Waals surface area contributed by atoms with Crippen molar-refractivity contribution < 1.29 is 4.92 Å². The zero-order chi connectivity index (χ0) is 13.0. The summed E-state index contributed by atoms with van der Waals surface area (Å²) < 4.78 is 0. The third-order valence-electron chi connectivity index (χ3n) is 2.80. The van der Waals surface area contributed by atoms with Crippen LogP contribution in [-0.2, 0) is 6.42 Å². The number of nitro benzene ring substituents is 1. The Bertz CT molecular complexity index is 567. The summed E-state index contributed by atoms with van der Waals surface area (Å²) >= 11 is 0. The van der Waals surface area contributed by atoms with Gasteiger partial charge < -0.3 is 5.73 Å². The van der Waals surface area contributed by atoms with Gasteiger partial charge >= 0.3 is 0 Å². The molecule has 0 aliphatic rings. The van der Waals surface area contributed by atoms with E-state index in [1.54, 1.807) is 12.1 Å². The van der Waals surface area contributed by atoms with Gasteiger partial charge in [0.1, 0.15) is 0 Å². The average molecular weight is 242 g/mol. The SMILES string of the molecule is NCCc1ccccc1-c1cccc([N+](=O)[O-])c1. The van der Waals surface area contributed by atoms with Gasteiger partial charge in [-0.15, -0.1) is 0 Å². The lowest BCUT2D eigenvalue weighted by atomic mass is 9.97. The fourth-order valence-electron chi connectivity index (χ4n) is 1.96. The molecule has 0 aromatic heterocycles. The zero-order valence-corrected chi connectivity index (χ0v) is 9.87. The largest absolute Gasteiger partial charge is 0.330 e. The van der Waals surface area contributed by atoms with Crippen LogP contribution in [0.4, 0.5) is 5.69 Å². The summed E-state index contributed by atoms with van der Waals surface area (Å²) in [7, 11) is 0. The second-order valence-electron chi connectivity index (χ2n) is 4.00. The Morgan fingerprint density at radius 1 is 1.11 bits per heavy atom. The van der Waals surface area contributed by atoms with Crippen LogP contribution in [-0.4, -0.2) is 11.5 Å². The number of hydrogen-bond acceptors (Lipinski definition) is 3. The Morgan fingerprint density at radius 3 is 2.61 bits per heavy atom. The van der Waals surface area contributed by atoms with Crippen molar-refractivity contribution in [1.29, 1.82) is 0 Å². The Hall–Kier alpha value is -2.20. The Morgan fingerprint density at radius 2 is 1.89 bits per heavy atom. The first-order valence-corrected chi connectivity index (χ1v) is 5.75. The minimum Gasteiger partial charge on any atom is -0.330 e. The highest BCUT2D eigenvalue weighted by atomic mass is 16.6. The third kappa shape index (κ3) is 2.55. The molecule has 0 unspecified atom stereocenters. The van der Waals surface area contributed by atoms with Crippen molar-refractivity contribution in [1.82, 2.24) is 0 Å². The topological polar surface area (TPSA) is 69.2 Å². The molecule has 2 aromatic carbocycles. The van der Waals surface area contributed by atoms with Gasteiger partial charge in [0.05, 0.1) is 4.92 Å². The fraction of sp³-hybridized carbons (Fsp3) is 0.143. The molecule has 2 N–H and O–H groups in total. The molecule has 4 heteroatoms. The summed E-state index contributed by atoms with van der Waals surface area (Å²) in [5.41, 5.74) is 8.66. The standard InChI is InChI=1S/C14H14N2O2/c15-9-8-11-4-1-2-7-14(11)12-5-3-6-13(10-12)16(17)18/h1-7,10H,8-9,15H2. The van der Waals surface area contributed by atoms with Gasteiger partial charge in [-0.25, -0.2) is 0 Å². The lowest BCUT2D eigenvalue weighted by molar-refractivity contribution is -0.384. The summed E-state index contributed by atoms with van der Waals surface area (Å²) in [6.45, 7) is 0.561. The highest BCUT2D eigenvalue weighted by molar-refractivity contribution is 5.69. The molecule has 2 aromatic rings. The van der Waals surface area contributed by atoms with Gasteiger partial charge in [-0.1, -0.05) is 36.4 Å². The van der Waals surface area contributed by atoms with Gasteiger partial charge in [0, 0.05) is 12.1 Å². The fourth-order valence-corrected chi connectivity index (χ4v) is 1.96. The lowest BCUT2D eigenvalue weighted by Crippen LogP contribution is -2.03. The monoisotopic (exact) mass is 242 g/mol. The second kappa shape index (κ2) is 5.42. The molecule has 0 atom stereocenters. The van der Waals surface area contributed by atoms with E-state index in [-0.39, 0.29) is 10.6 Å². The predicted octanol–water partition coefficient (Wildman–Crippen LogP) is 2.76. The minimum atomic E-state index is -0.380. The molecule has 0 aliphatic carbocycles. The molecule has 0 heterocycles. The van der Waals surface area contributed by atoms with Crippen molar-refractivity contribution >= 4 is 5.69 Å². The van der Waals surface area contributed by atoms with Crippen molar-refractivity contribution in [2.45, 2.75) is 6.42 Å². The van der Waals surface area contributed by atoms with E-state index in [1.807, 2.05) is 30.3 Å². The van der Waals surface area contributed by atoms with Crippen LogP contribution in [0.5, 0.6) is 0 Å². The van der Waals surface area contributed by atoms with Gasteiger partial charge in [-0.05, 0) is 29.7 Å². The van der Waals surface area contributed by atoms with Gasteiger partial charge in [0.25, 0.3) is 5.69 Å². The van der Waals surface area contributed by atoms with Crippen LogP contribution in [0.2, 0.25) is 0 Å². The van der Waals surface area contributed by atoms with E-state index in [0.29, 0.717) is 6.54 Å². The highest BCUT2D eigenvalue weighted by Gasteiger charge is 2.09. The highest BCUT2D eigenvalue weighted by Crippen LogP contribution is 2.27. The number of nitrogens with zero attached hydrogens (tertiary/aromatic N) is 1. The van der Waals surface area contributed by atoms with Crippen LogP contribution < -0.4 is 5.73 Å². The number of nitro groups is 1. The molecule has 0 amide bonds. The first-order chi connectivity index (χ1) is 8.72. The Labute approximate surface area is 105 Å². The predicted molar refractivity (Wildman–Crippen MR) is 71.3 cm³/mol. The molecule has 2 rings (SSSR count). The van der Waals surface area contributed by atoms with Crippen LogP contribution >= 0.6 is 0 Å². The van der Waals surface area contributed by atoms with E-state index in [9.17, 15) is 10.1 Å². The Balaban J connectivity index is 2.48. The molecule has 0 saturated carbocycles. The molecule has 0 bridgehead atoms. The van der Waals surface area contributed by atoms with Crippen LogP contribution in [0.15, 0.2) is 48.5 Å². The van der Waals surface area contributed by atoms with Crippen molar-refractivity contribution in [3.8, 4) is 11.1 Å². The quantitative estimate of drug-likeness (QED) is 0.662. The van der Waals surface area contributed by atoms with E-state index < -0.39 is 0 Å². The molecule has 92 valence electrons. The van der Waals surface area contributed by atoms with Crippen molar-refractivity contribution in [3.05, 3.63) is 64.2 Å². The molecular weight excluding hydrogens is 228 g/mol. The molecule has 0 fully saturated rings. The maximum absolute atomic E-state index is 10.8. The van der Waals surface area contributed by atoms with Crippen molar-refractivity contribution in [2.24, 2.45) is 5.73 Å². The van der Waals surface area contributed by atoms with Crippen LogP contribution in [0.1, 0.15) is 5.56 Å². The van der Waals surface area contributed by atoms with E-state index >= 15 is 0 Å². The molecule has 0 aliphatic heterocycles. The van der Waals surface area contributed by atoms with Gasteiger partial charge in [0.2, 0.25) is 0 Å². The summed E-state index contributed by atoms with van der Waals surface area (Å²) in [4.78, 5) is 10.4. The summed E-state index contributed by atoms with van der Waals surface area (Å²) in [6, 6.07) is 14.5. The first kappa shape index (κ1) is 12.3. The third-order valence-corrected chi connectivity index (χ3v) is 2.80. The maximum atomic E-state index is 10.8. The smallest absolute Gasteiger partial charge is 0.270 e. The van der Waals surface area contributed by atoms with E-state index in [2.05, 4.69) is 0 Å². The van der Waals surface area contributed by atoms with E-state index in [0.717, 1.165) is 23.1 Å². The van der Waals surface area contributed by atoms with Gasteiger partial charge in [0.15, 0.2) is 0 Å². The van der Waals surface area contributed by atoms with E-state index in [4.69, 9.17) is 5.73 Å². The molecule has 0 spiro atoms. The molecule has 4 nitrogen and oxygen atoms in total. The zero-order valence-electron chi connectivity index (χ0n) is 9.87. The molecular formula is C14H14N2O2. The normalized spacial score (nSPS) is 10.3. The summed E-state index contributed by atoms with van der Waals surface area (Å²) in [6.07, 6.45) is 0.763. The maximum Gasteiger partial charge on any atom is 0.270 e. The Kier molecular flexibility index (Phi) is 3.69. The van der Waals surface area contributed by atoms with Crippen molar-refractivity contribution in [2.75, 3.05) is 6.54 Å².